The maximum atomic E-state index is 13.1. The van der Waals surface area contributed by atoms with Crippen LogP contribution in [-0.2, 0) is 22.7 Å². The molecule has 1 fully saturated rings. The molecular weight excluding hydrogens is 458 g/mol. The average Bonchev–Trinajstić information content (AvgIpc) is 3.50. The number of urea groups is 1. The lowest BCUT2D eigenvalue weighted by molar-refractivity contribution is -0.130. The second kappa shape index (κ2) is 9.58. The Balaban J connectivity index is 1.40. The number of ether oxygens (including phenoxy) is 1. The van der Waals surface area contributed by atoms with Crippen LogP contribution in [0.25, 0.3) is 17.0 Å². The first kappa shape index (κ1) is 23.2. The van der Waals surface area contributed by atoms with Gasteiger partial charge in [0.15, 0.2) is 0 Å². The molecule has 4 amide bonds. The number of barbiturate groups is 1. The number of nitrogens with zero attached hydrogens (tertiary/aromatic N) is 2. The van der Waals surface area contributed by atoms with Crippen molar-refractivity contribution in [1.82, 2.24) is 14.8 Å². The van der Waals surface area contributed by atoms with Gasteiger partial charge in [0.2, 0.25) is 0 Å². The minimum absolute atomic E-state index is 0.0696. The van der Waals surface area contributed by atoms with Crippen LogP contribution in [-0.4, -0.2) is 33.9 Å². The number of benzene rings is 2. The standard InChI is InChI=1S/C28H25N3O5/c1-18-9-10-21(14-19(18)2)36-13-11-30-16-20(23-7-3-4-8-25(23)30)15-24-26(32)29-28(34)31(27(24)33)17-22-6-5-12-35-22/h3-10,12,14-16H,11,13,17H2,1-2H3,(H,29,32,34)/b24-15-. The van der Waals surface area contributed by atoms with E-state index in [1.54, 1.807) is 12.1 Å². The monoisotopic (exact) mass is 483 g/mol. The molecule has 0 aliphatic carbocycles. The van der Waals surface area contributed by atoms with E-state index in [1.165, 1.54) is 23.5 Å². The average molecular weight is 484 g/mol. The van der Waals surface area contributed by atoms with E-state index >= 15 is 0 Å². The van der Waals surface area contributed by atoms with E-state index in [1.807, 2.05) is 60.2 Å². The van der Waals surface area contributed by atoms with Crippen molar-refractivity contribution in [3.8, 4) is 5.75 Å². The quantitative estimate of drug-likeness (QED) is 0.307. The number of carbonyl (C=O) groups excluding carboxylic acids is 3. The Morgan fingerprint density at radius 3 is 2.61 bits per heavy atom. The number of aryl methyl sites for hydroxylation is 2. The summed E-state index contributed by atoms with van der Waals surface area (Å²) >= 11 is 0. The van der Waals surface area contributed by atoms with Crippen LogP contribution in [0.4, 0.5) is 4.79 Å². The van der Waals surface area contributed by atoms with Crippen molar-refractivity contribution in [3.63, 3.8) is 0 Å². The van der Waals surface area contributed by atoms with Crippen molar-refractivity contribution in [2.75, 3.05) is 6.61 Å². The Labute approximate surface area is 207 Å². The molecular formula is C28H25N3O5. The number of nitrogens with one attached hydrogen (secondary N) is 1. The number of aromatic nitrogens is 1. The molecule has 4 aromatic rings. The molecule has 0 saturated carbocycles. The Hall–Kier alpha value is -4.59. The van der Waals surface area contributed by atoms with Gasteiger partial charge in [-0.05, 0) is 61.4 Å². The van der Waals surface area contributed by atoms with E-state index in [9.17, 15) is 14.4 Å². The van der Waals surface area contributed by atoms with E-state index in [0.29, 0.717) is 24.5 Å². The van der Waals surface area contributed by atoms with Crippen molar-refractivity contribution >= 4 is 34.8 Å². The Bertz CT molecular complexity index is 1500. The van der Waals surface area contributed by atoms with Crippen molar-refractivity contribution in [2.45, 2.75) is 26.9 Å². The zero-order valence-electron chi connectivity index (χ0n) is 20.0. The fourth-order valence-electron chi connectivity index (χ4n) is 4.19. The summed E-state index contributed by atoms with van der Waals surface area (Å²) in [6, 6.07) is 16.3. The molecule has 0 unspecified atom stereocenters. The molecule has 0 atom stereocenters. The number of para-hydroxylation sites is 1. The van der Waals surface area contributed by atoms with Gasteiger partial charge in [0.25, 0.3) is 11.8 Å². The molecule has 1 aliphatic heterocycles. The van der Waals surface area contributed by atoms with Gasteiger partial charge in [0.1, 0.15) is 23.7 Å². The first-order valence-corrected chi connectivity index (χ1v) is 11.6. The highest BCUT2D eigenvalue weighted by Gasteiger charge is 2.36. The molecule has 3 heterocycles. The minimum Gasteiger partial charge on any atom is -0.492 e. The summed E-state index contributed by atoms with van der Waals surface area (Å²) in [4.78, 5) is 39.0. The van der Waals surface area contributed by atoms with Crippen molar-refractivity contribution < 1.29 is 23.5 Å². The SMILES string of the molecule is Cc1ccc(OCCn2cc(/C=C3/C(=O)NC(=O)N(Cc4ccco4)C3=O)c3ccccc32)cc1C. The molecule has 1 N–H and O–H groups in total. The number of imide groups is 2. The van der Waals surface area contributed by atoms with E-state index in [4.69, 9.17) is 9.15 Å². The van der Waals surface area contributed by atoms with Crippen molar-refractivity contribution in [1.29, 1.82) is 0 Å². The number of carbonyl (C=O) groups is 3. The molecule has 8 heteroatoms. The number of hydrogen-bond acceptors (Lipinski definition) is 5. The molecule has 36 heavy (non-hydrogen) atoms. The van der Waals surface area contributed by atoms with Crippen LogP contribution >= 0.6 is 0 Å². The second-order valence-corrected chi connectivity index (χ2v) is 8.68. The molecule has 5 rings (SSSR count). The van der Waals surface area contributed by atoms with Gasteiger partial charge in [0.05, 0.1) is 19.4 Å². The molecule has 1 aliphatic rings. The van der Waals surface area contributed by atoms with Gasteiger partial charge < -0.3 is 13.7 Å². The number of furan rings is 1. The number of fused-ring (bicyclic) bond motifs is 1. The summed E-state index contributed by atoms with van der Waals surface area (Å²) in [6.45, 7) is 5.06. The number of rotatable bonds is 7. The van der Waals surface area contributed by atoms with Gasteiger partial charge in [-0.3, -0.25) is 19.8 Å². The fraction of sp³-hybridized carbons (Fsp3) is 0.179. The molecule has 182 valence electrons. The topological polar surface area (TPSA) is 93.8 Å². The van der Waals surface area contributed by atoms with Gasteiger partial charge in [-0.15, -0.1) is 0 Å². The van der Waals surface area contributed by atoms with Gasteiger partial charge in [0, 0.05) is 22.7 Å². The van der Waals surface area contributed by atoms with Crippen LogP contribution < -0.4 is 10.1 Å². The largest absolute Gasteiger partial charge is 0.492 e. The normalized spacial score (nSPS) is 15.1. The lowest BCUT2D eigenvalue weighted by Crippen LogP contribution is -2.53. The van der Waals surface area contributed by atoms with Crippen molar-refractivity contribution in [2.24, 2.45) is 0 Å². The number of amides is 4. The molecule has 0 bridgehead atoms. The Morgan fingerprint density at radius 2 is 1.83 bits per heavy atom. The Morgan fingerprint density at radius 1 is 1.00 bits per heavy atom. The van der Waals surface area contributed by atoms with Gasteiger partial charge in [-0.1, -0.05) is 24.3 Å². The van der Waals surface area contributed by atoms with Crippen molar-refractivity contribution in [3.05, 3.63) is 95.1 Å². The first-order chi connectivity index (χ1) is 17.4. The van der Waals surface area contributed by atoms with Crippen LogP contribution in [0.2, 0.25) is 0 Å². The molecule has 8 nitrogen and oxygen atoms in total. The van der Waals surface area contributed by atoms with Crippen LogP contribution in [0.3, 0.4) is 0 Å². The fourth-order valence-corrected chi connectivity index (χ4v) is 4.19. The molecule has 2 aromatic heterocycles. The van der Waals surface area contributed by atoms with Gasteiger partial charge in [-0.2, -0.15) is 0 Å². The zero-order chi connectivity index (χ0) is 25.2. The smallest absolute Gasteiger partial charge is 0.331 e. The molecule has 2 aromatic carbocycles. The number of hydrogen-bond donors (Lipinski definition) is 1. The Kier molecular flexibility index (Phi) is 6.16. The maximum Gasteiger partial charge on any atom is 0.331 e. The van der Waals surface area contributed by atoms with Gasteiger partial charge >= 0.3 is 6.03 Å². The van der Waals surface area contributed by atoms with Gasteiger partial charge in [-0.25, -0.2) is 4.79 Å². The molecule has 0 radical (unpaired) electrons. The highest BCUT2D eigenvalue weighted by atomic mass is 16.5. The maximum absolute atomic E-state index is 13.1. The lowest BCUT2D eigenvalue weighted by Gasteiger charge is -2.25. The van der Waals surface area contributed by atoms with E-state index in [-0.39, 0.29) is 12.1 Å². The predicted molar refractivity (Wildman–Crippen MR) is 134 cm³/mol. The highest BCUT2D eigenvalue weighted by molar-refractivity contribution is 6.31. The first-order valence-electron chi connectivity index (χ1n) is 11.6. The van der Waals surface area contributed by atoms with Crippen LogP contribution in [0, 0.1) is 13.8 Å². The third-order valence-corrected chi connectivity index (χ3v) is 6.28. The van der Waals surface area contributed by atoms with E-state index < -0.39 is 17.8 Å². The minimum atomic E-state index is -0.774. The second-order valence-electron chi connectivity index (χ2n) is 8.68. The lowest BCUT2D eigenvalue weighted by atomic mass is 10.1. The van der Waals surface area contributed by atoms with Crippen LogP contribution in [0.5, 0.6) is 5.75 Å². The summed E-state index contributed by atoms with van der Waals surface area (Å²) < 4.78 is 13.2. The summed E-state index contributed by atoms with van der Waals surface area (Å²) in [5, 5.41) is 3.13. The summed E-state index contributed by atoms with van der Waals surface area (Å²) in [7, 11) is 0. The summed E-state index contributed by atoms with van der Waals surface area (Å²) in [5.74, 6) is -0.152. The zero-order valence-corrected chi connectivity index (χ0v) is 20.0. The summed E-state index contributed by atoms with van der Waals surface area (Å²) in [5.41, 5.74) is 3.91. The van der Waals surface area contributed by atoms with E-state index in [0.717, 1.165) is 21.6 Å². The van der Waals surface area contributed by atoms with Crippen LogP contribution in [0.1, 0.15) is 22.5 Å². The molecule has 1 saturated heterocycles. The predicted octanol–water partition coefficient (Wildman–Crippen LogP) is 4.59. The van der Waals surface area contributed by atoms with E-state index in [2.05, 4.69) is 12.2 Å². The molecule has 0 spiro atoms. The van der Waals surface area contributed by atoms with Crippen LogP contribution in [0.15, 0.2) is 77.0 Å². The third-order valence-electron chi connectivity index (χ3n) is 6.28. The highest BCUT2D eigenvalue weighted by Crippen LogP contribution is 2.26. The third kappa shape index (κ3) is 4.53. The summed E-state index contributed by atoms with van der Waals surface area (Å²) in [6.07, 6.45) is 4.87.